The van der Waals surface area contributed by atoms with E-state index in [1.54, 1.807) is 0 Å². The lowest BCUT2D eigenvalue weighted by molar-refractivity contribution is -0.841. The van der Waals surface area contributed by atoms with Crippen LogP contribution in [0.4, 0.5) is 0 Å². The van der Waals surface area contributed by atoms with Gasteiger partial charge in [-0.15, -0.1) is 0 Å². The van der Waals surface area contributed by atoms with Crippen LogP contribution in [0.2, 0.25) is 0 Å². The molecule has 0 aromatic carbocycles. The third-order valence-electron chi connectivity index (χ3n) is 3.59. The molecule has 0 rings (SSSR count). The van der Waals surface area contributed by atoms with E-state index in [4.69, 9.17) is 18.0 Å². The molecule has 0 aromatic heterocycles. The molecule has 0 aliphatic carbocycles. The van der Waals surface area contributed by atoms with Crippen molar-refractivity contribution in [2.24, 2.45) is 4.99 Å². The average Bonchev–Trinajstić information content (AvgIpc) is 2.41. The molecule has 0 aromatic rings. The fourth-order valence-electron chi connectivity index (χ4n) is 2.29. The maximum atomic E-state index is 9.08. The van der Waals surface area contributed by atoms with E-state index in [1.807, 2.05) is 0 Å². The topological polar surface area (TPSA) is 72.8 Å². The van der Waals surface area contributed by atoms with Gasteiger partial charge in [-0.1, -0.05) is 0 Å². The fourth-order valence-corrected chi connectivity index (χ4v) is 2.29. The molecule has 0 atom stereocenters. The lowest BCUT2D eigenvalue weighted by atomic mass is 10.3. The van der Waals surface area contributed by atoms with Crippen molar-refractivity contribution in [2.75, 3.05) is 45.5 Å². The second-order valence-electron chi connectivity index (χ2n) is 4.74. The van der Waals surface area contributed by atoms with Gasteiger partial charge in [0.2, 0.25) is 0 Å². The van der Waals surface area contributed by atoms with E-state index in [-0.39, 0.29) is 0 Å². The molecule has 0 bridgehead atoms. The summed E-state index contributed by atoms with van der Waals surface area (Å²) in [7, 11) is -3.92. The minimum Gasteiger partial charge on any atom is -0.748 e. The van der Waals surface area contributed by atoms with Crippen molar-refractivity contribution in [3.63, 3.8) is 0 Å². The summed E-state index contributed by atoms with van der Waals surface area (Å²) in [5.74, 6) is 1.28. The molecule has 128 valence electrons. The first-order valence-corrected chi connectivity index (χ1v) is 9.54. The number of aliphatic imine (C=N–C) groups is 1. The van der Waals surface area contributed by atoms with Gasteiger partial charge in [0.1, 0.15) is 0 Å². The van der Waals surface area contributed by atoms with Crippen molar-refractivity contribution in [1.82, 2.24) is 4.90 Å². The summed E-state index contributed by atoms with van der Waals surface area (Å²) in [5, 5.41) is 0. The smallest absolute Gasteiger partial charge is 0.300 e. The highest BCUT2D eigenvalue weighted by Gasteiger charge is 2.32. The first-order chi connectivity index (χ1) is 9.65. The quantitative estimate of drug-likeness (QED) is 0.323. The minimum atomic E-state index is -3.92. The third-order valence-corrected chi connectivity index (χ3v) is 3.59. The van der Waals surface area contributed by atoms with Crippen LogP contribution >= 0.6 is 0 Å². The van der Waals surface area contributed by atoms with Crippen LogP contribution < -0.4 is 0 Å². The first-order valence-electron chi connectivity index (χ1n) is 7.72. The van der Waals surface area contributed by atoms with Crippen LogP contribution in [-0.2, 0) is 10.1 Å². The van der Waals surface area contributed by atoms with E-state index in [0.29, 0.717) is 6.26 Å². The van der Waals surface area contributed by atoms with E-state index in [1.165, 1.54) is 5.96 Å². The van der Waals surface area contributed by atoms with Crippen molar-refractivity contribution in [3.8, 4) is 0 Å². The predicted molar refractivity (Wildman–Crippen MR) is 88.4 cm³/mol. The summed E-state index contributed by atoms with van der Waals surface area (Å²) in [4.78, 5) is 7.17. The molecule has 0 saturated carbocycles. The van der Waals surface area contributed by atoms with Gasteiger partial charge in [0.15, 0.2) is 0 Å². The Kier molecular flexibility index (Phi) is 11.8. The van der Waals surface area contributed by atoms with Gasteiger partial charge in [0.25, 0.3) is 5.96 Å². The predicted octanol–water partition coefficient (Wildman–Crippen LogP) is 1.74. The van der Waals surface area contributed by atoms with Crippen molar-refractivity contribution in [3.05, 3.63) is 0 Å². The Hall–Kier alpha value is -0.660. The Bertz CT molecular complexity index is 370. The lowest BCUT2D eigenvalue weighted by Gasteiger charge is -2.39. The van der Waals surface area contributed by atoms with Gasteiger partial charge in [0, 0.05) is 25.9 Å². The summed E-state index contributed by atoms with van der Waals surface area (Å²) >= 11 is 0. The van der Waals surface area contributed by atoms with E-state index >= 15 is 0 Å². The molecule has 0 unspecified atom stereocenters. The molecule has 7 heteroatoms. The van der Waals surface area contributed by atoms with Gasteiger partial charge >= 0.3 is 0 Å². The summed E-state index contributed by atoms with van der Waals surface area (Å²) in [6.07, 6.45) is 0.604. The monoisotopic (exact) mass is 323 g/mol. The molecule has 0 spiro atoms. The Morgan fingerprint density at radius 3 is 1.52 bits per heavy atom. The molecule has 0 N–H and O–H groups in total. The maximum Gasteiger partial charge on any atom is 0.300 e. The van der Waals surface area contributed by atoms with Gasteiger partial charge in [-0.25, -0.2) is 13.4 Å². The minimum absolute atomic E-state index is 0.604. The van der Waals surface area contributed by atoms with Gasteiger partial charge in [-0.3, -0.25) is 4.48 Å². The largest absolute Gasteiger partial charge is 0.748 e. The highest BCUT2D eigenvalue weighted by molar-refractivity contribution is 7.84. The Balaban J connectivity index is 0. The highest BCUT2D eigenvalue weighted by atomic mass is 32.2. The van der Waals surface area contributed by atoms with E-state index in [2.05, 4.69) is 46.4 Å². The molecular formula is C14H33N3O3S. The zero-order chi connectivity index (χ0) is 17.1. The molecule has 0 fully saturated rings. The summed E-state index contributed by atoms with van der Waals surface area (Å²) < 4.78 is 28.2. The SMILES string of the molecule is CCN=C(N(CC)CC)[N+](CC)(CC)CC.CS(=O)(=O)[O-]. The highest BCUT2D eigenvalue weighted by Crippen LogP contribution is 2.12. The third kappa shape index (κ3) is 9.06. The van der Waals surface area contributed by atoms with Crippen LogP contribution in [0.25, 0.3) is 0 Å². The van der Waals surface area contributed by atoms with Crippen molar-refractivity contribution < 1.29 is 17.5 Å². The number of nitrogens with zero attached hydrogens (tertiary/aromatic N) is 3. The number of rotatable bonds is 6. The normalized spacial score (nSPS) is 12.7. The molecule has 0 aliphatic heterocycles. The van der Waals surface area contributed by atoms with Gasteiger partial charge in [-0.2, -0.15) is 0 Å². The number of hydrogen-bond acceptors (Lipinski definition) is 4. The van der Waals surface area contributed by atoms with E-state index in [0.717, 1.165) is 43.8 Å². The second-order valence-corrected chi connectivity index (χ2v) is 6.15. The molecule has 0 radical (unpaired) electrons. The molecule has 0 aliphatic rings. The Morgan fingerprint density at radius 1 is 1.00 bits per heavy atom. The Labute approximate surface area is 131 Å². The fraction of sp³-hybridized carbons (Fsp3) is 0.929. The van der Waals surface area contributed by atoms with Gasteiger partial charge < -0.3 is 9.45 Å². The Morgan fingerprint density at radius 2 is 1.33 bits per heavy atom. The van der Waals surface area contributed by atoms with Gasteiger partial charge in [-0.05, 0) is 41.5 Å². The summed E-state index contributed by atoms with van der Waals surface area (Å²) in [6.45, 7) is 19.7. The average molecular weight is 324 g/mol. The summed E-state index contributed by atoms with van der Waals surface area (Å²) in [5.41, 5.74) is 0. The number of quaternary nitrogens is 1. The first kappa shape index (κ1) is 22.6. The maximum absolute atomic E-state index is 9.08. The zero-order valence-electron chi connectivity index (χ0n) is 14.7. The second kappa shape index (κ2) is 11.0. The van der Waals surface area contributed by atoms with Crippen LogP contribution in [0, 0.1) is 0 Å². The van der Waals surface area contributed by atoms with E-state index in [9.17, 15) is 0 Å². The molecule has 0 saturated heterocycles. The van der Waals surface area contributed by atoms with Gasteiger partial charge in [0.05, 0.1) is 29.8 Å². The molecule has 6 nitrogen and oxygen atoms in total. The van der Waals surface area contributed by atoms with Crippen LogP contribution in [0.3, 0.4) is 0 Å². The number of guanidine groups is 1. The van der Waals surface area contributed by atoms with E-state index < -0.39 is 10.1 Å². The van der Waals surface area contributed by atoms with Crippen molar-refractivity contribution in [1.29, 1.82) is 0 Å². The molecule has 0 heterocycles. The van der Waals surface area contributed by atoms with Crippen LogP contribution in [0.5, 0.6) is 0 Å². The summed E-state index contributed by atoms with van der Waals surface area (Å²) in [6, 6.07) is 0. The van der Waals surface area contributed by atoms with Crippen LogP contribution in [-0.4, -0.2) is 73.8 Å². The molecular weight excluding hydrogens is 290 g/mol. The lowest BCUT2D eigenvalue weighted by Crippen LogP contribution is -2.59. The molecule has 21 heavy (non-hydrogen) atoms. The van der Waals surface area contributed by atoms with Crippen LogP contribution in [0.15, 0.2) is 4.99 Å². The standard InChI is InChI=1S/C13H30N3.CH4O3S/c1-7-14-13(15(8-2)9-3)16(10-4,11-5)12-6;1-5(2,3)4/h7-12H2,1-6H3;1H3,(H,2,3,4)/q+1;/p-1. The number of hydrogen-bond donors (Lipinski definition) is 0. The zero-order valence-corrected chi connectivity index (χ0v) is 15.5. The van der Waals surface area contributed by atoms with Crippen molar-refractivity contribution >= 4 is 16.1 Å². The van der Waals surface area contributed by atoms with Crippen LogP contribution in [0.1, 0.15) is 41.5 Å². The molecule has 0 amide bonds. The van der Waals surface area contributed by atoms with Crippen molar-refractivity contribution in [2.45, 2.75) is 41.5 Å².